The Morgan fingerprint density at radius 3 is 2.43 bits per heavy atom. The number of para-hydroxylation sites is 1. The number of hydrogen-bond donors (Lipinski definition) is 2. The summed E-state index contributed by atoms with van der Waals surface area (Å²) in [6.45, 7) is 2.73. The standard InChI is InChI=1S/C24H24N2O4/c1-2-3-15-29-20-13-11-18(12-14-20)23(27)26-22(17-21-10-7-16-30-21)24(28)25-19-8-5-4-6-9-19/h4-14,16-17H,2-3,15H2,1H3,(H,25,28)(H,26,27)/b22-17+. The molecular weight excluding hydrogens is 380 g/mol. The third kappa shape index (κ3) is 6.10. The molecule has 3 aromatic rings. The number of furan rings is 1. The van der Waals surface area contributed by atoms with Crippen LogP contribution in [0.5, 0.6) is 5.75 Å². The molecular formula is C24H24N2O4. The molecule has 1 heterocycles. The van der Waals surface area contributed by atoms with Gasteiger partial charge in [-0.2, -0.15) is 0 Å². The smallest absolute Gasteiger partial charge is 0.272 e. The van der Waals surface area contributed by atoms with Crippen molar-refractivity contribution in [3.63, 3.8) is 0 Å². The Balaban J connectivity index is 1.72. The normalized spacial score (nSPS) is 11.0. The molecule has 0 bridgehead atoms. The number of nitrogens with one attached hydrogen (secondary N) is 2. The van der Waals surface area contributed by atoms with Gasteiger partial charge < -0.3 is 19.8 Å². The highest BCUT2D eigenvalue weighted by atomic mass is 16.5. The van der Waals surface area contributed by atoms with E-state index in [-0.39, 0.29) is 5.70 Å². The van der Waals surface area contributed by atoms with Gasteiger partial charge in [-0.15, -0.1) is 0 Å². The van der Waals surface area contributed by atoms with Gasteiger partial charge >= 0.3 is 0 Å². The second-order valence-electron chi connectivity index (χ2n) is 6.57. The third-order valence-electron chi connectivity index (χ3n) is 4.24. The van der Waals surface area contributed by atoms with Crippen LogP contribution in [0, 0.1) is 0 Å². The third-order valence-corrected chi connectivity index (χ3v) is 4.24. The number of anilines is 1. The van der Waals surface area contributed by atoms with Gasteiger partial charge in [0, 0.05) is 17.3 Å². The number of amides is 2. The lowest BCUT2D eigenvalue weighted by atomic mass is 10.2. The molecule has 0 aliphatic rings. The largest absolute Gasteiger partial charge is 0.494 e. The van der Waals surface area contributed by atoms with Crippen LogP contribution in [0.1, 0.15) is 35.9 Å². The molecule has 0 saturated carbocycles. The average Bonchev–Trinajstić information content (AvgIpc) is 3.28. The van der Waals surface area contributed by atoms with Crippen molar-refractivity contribution in [2.75, 3.05) is 11.9 Å². The van der Waals surface area contributed by atoms with E-state index in [1.54, 1.807) is 48.5 Å². The highest BCUT2D eigenvalue weighted by Gasteiger charge is 2.16. The Morgan fingerprint density at radius 1 is 1.00 bits per heavy atom. The summed E-state index contributed by atoms with van der Waals surface area (Å²) < 4.78 is 10.9. The predicted molar refractivity (Wildman–Crippen MR) is 116 cm³/mol. The lowest BCUT2D eigenvalue weighted by Crippen LogP contribution is -2.30. The van der Waals surface area contributed by atoms with E-state index in [0.717, 1.165) is 12.8 Å². The minimum Gasteiger partial charge on any atom is -0.494 e. The van der Waals surface area contributed by atoms with Crippen LogP contribution in [-0.4, -0.2) is 18.4 Å². The Labute approximate surface area is 175 Å². The fourth-order valence-electron chi connectivity index (χ4n) is 2.63. The van der Waals surface area contributed by atoms with Crippen LogP contribution in [0.3, 0.4) is 0 Å². The van der Waals surface area contributed by atoms with Crippen molar-refractivity contribution in [1.29, 1.82) is 0 Å². The van der Waals surface area contributed by atoms with Gasteiger partial charge in [0.05, 0.1) is 12.9 Å². The van der Waals surface area contributed by atoms with Gasteiger partial charge in [0.1, 0.15) is 17.2 Å². The van der Waals surface area contributed by atoms with Crippen LogP contribution >= 0.6 is 0 Å². The SMILES string of the molecule is CCCCOc1ccc(C(=O)N/C(=C/c2ccco2)C(=O)Nc2ccccc2)cc1. The maximum Gasteiger partial charge on any atom is 0.272 e. The van der Waals surface area contributed by atoms with Crippen LogP contribution in [0.4, 0.5) is 5.69 Å². The monoisotopic (exact) mass is 404 g/mol. The van der Waals surface area contributed by atoms with Crippen molar-refractivity contribution in [1.82, 2.24) is 5.32 Å². The number of carbonyl (C=O) groups is 2. The fraction of sp³-hybridized carbons (Fsp3) is 0.167. The molecule has 0 saturated heterocycles. The molecule has 30 heavy (non-hydrogen) atoms. The van der Waals surface area contributed by atoms with Crippen molar-refractivity contribution < 1.29 is 18.7 Å². The van der Waals surface area contributed by atoms with E-state index in [1.165, 1.54) is 12.3 Å². The lowest BCUT2D eigenvalue weighted by Gasteiger charge is -2.11. The summed E-state index contributed by atoms with van der Waals surface area (Å²) in [5.41, 5.74) is 1.11. The quantitative estimate of drug-likeness (QED) is 0.394. The van der Waals surface area contributed by atoms with Crippen molar-refractivity contribution in [3.8, 4) is 5.75 Å². The summed E-state index contributed by atoms with van der Waals surface area (Å²) >= 11 is 0. The second-order valence-corrected chi connectivity index (χ2v) is 6.57. The molecule has 2 amide bonds. The molecule has 0 aliphatic carbocycles. The van der Waals surface area contributed by atoms with Crippen LogP contribution in [0.2, 0.25) is 0 Å². The van der Waals surface area contributed by atoms with E-state index < -0.39 is 11.8 Å². The molecule has 0 aliphatic heterocycles. The van der Waals surface area contributed by atoms with E-state index in [4.69, 9.17) is 9.15 Å². The first-order valence-electron chi connectivity index (χ1n) is 9.81. The van der Waals surface area contributed by atoms with Gasteiger partial charge in [0.15, 0.2) is 0 Å². The number of unbranched alkanes of at least 4 members (excludes halogenated alkanes) is 1. The predicted octanol–water partition coefficient (Wildman–Crippen LogP) is 4.87. The van der Waals surface area contributed by atoms with Crippen LogP contribution in [0.25, 0.3) is 6.08 Å². The molecule has 0 unspecified atom stereocenters. The molecule has 2 N–H and O–H groups in total. The van der Waals surface area contributed by atoms with Gasteiger partial charge in [0.2, 0.25) is 0 Å². The molecule has 1 aromatic heterocycles. The summed E-state index contributed by atoms with van der Waals surface area (Å²) in [6.07, 6.45) is 5.01. The van der Waals surface area contributed by atoms with Gasteiger partial charge in [-0.3, -0.25) is 9.59 Å². The number of carbonyl (C=O) groups excluding carboxylic acids is 2. The molecule has 0 fully saturated rings. The van der Waals surface area contributed by atoms with Gasteiger partial charge in [-0.1, -0.05) is 31.5 Å². The highest BCUT2D eigenvalue weighted by Crippen LogP contribution is 2.15. The number of ether oxygens (including phenoxy) is 1. The Bertz CT molecular complexity index is 978. The summed E-state index contributed by atoms with van der Waals surface area (Å²) in [5.74, 6) is 0.294. The minimum atomic E-state index is -0.453. The zero-order valence-corrected chi connectivity index (χ0v) is 16.8. The molecule has 154 valence electrons. The van der Waals surface area contributed by atoms with E-state index in [9.17, 15) is 9.59 Å². The minimum absolute atomic E-state index is 0.0714. The summed E-state index contributed by atoms with van der Waals surface area (Å²) in [5, 5.41) is 5.44. The fourth-order valence-corrected chi connectivity index (χ4v) is 2.63. The lowest BCUT2D eigenvalue weighted by molar-refractivity contribution is -0.113. The molecule has 0 radical (unpaired) electrons. The van der Waals surface area contributed by atoms with Gasteiger partial charge in [0.25, 0.3) is 11.8 Å². The number of rotatable bonds is 9. The Morgan fingerprint density at radius 2 is 1.77 bits per heavy atom. The topological polar surface area (TPSA) is 80.6 Å². The first kappa shape index (κ1) is 20.9. The van der Waals surface area contributed by atoms with E-state index >= 15 is 0 Å². The molecule has 0 atom stereocenters. The molecule has 3 rings (SSSR count). The van der Waals surface area contributed by atoms with Crippen molar-refractivity contribution in [2.45, 2.75) is 19.8 Å². The molecule has 0 spiro atoms. The van der Waals surface area contributed by atoms with E-state index in [0.29, 0.717) is 29.4 Å². The van der Waals surface area contributed by atoms with Gasteiger partial charge in [-0.05, 0) is 55.0 Å². The average molecular weight is 404 g/mol. The zero-order valence-electron chi connectivity index (χ0n) is 16.8. The second kappa shape index (κ2) is 10.7. The first-order chi connectivity index (χ1) is 14.7. The van der Waals surface area contributed by atoms with Crippen molar-refractivity contribution in [3.05, 3.63) is 90.0 Å². The van der Waals surface area contributed by atoms with E-state index in [1.807, 2.05) is 18.2 Å². The van der Waals surface area contributed by atoms with Crippen LogP contribution in [-0.2, 0) is 4.79 Å². The first-order valence-corrected chi connectivity index (χ1v) is 9.81. The maximum absolute atomic E-state index is 12.8. The Kier molecular flexibility index (Phi) is 7.44. The van der Waals surface area contributed by atoms with E-state index in [2.05, 4.69) is 17.6 Å². The van der Waals surface area contributed by atoms with Gasteiger partial charge in [-0.25, -0.2) is 0 Å². The molecule has 2 aromatic carbocycles. The number of benzene rings is 2. The zero-order chi connectivity index (χ0) is 21.2. The summed E-state index contributed by atoms with van der Waals surface area (Å²) in [7, 11) is 0. The van der Waals surface area contributed by atoms with Crippen LogP contribution in [0.15, 0.2) is 83.1 Å². The number of hydrogen-bond acceptors (Lipinski definition) is 4. The molecule has 6 nitrogen and oxygen atoms in total. The van der Waals surface area contributed by atoms with Crippen molar-refractivity contribution in [2.24, 2.45) is 0 Å². The van der Waals surface area contributed by atoms with Crippen LogP contribution < -0.4 is 15.4 Å². The van der Waals surface area contributed by atoms with Crippen molar-refractivity contribution >= 4 is 23.6 Å². The summed E-state index contributed by atoms with van der Waals surface area (Å²) in [4.78, 5) is 25.5. The molecule has 6 heteroatoms. The Hall–Kier alpha value is -3.80. The maximum atomic E-state index is 12.8. The highest BCUT2D eigenvalue weighted by molar-refractivity contribution is 6.10. The summed E-state index contributed by atoms with van der Waals surface area (Å²) in [6, 6.07) is 19.2.